The summed E-state index contributed by atoms with van der Waals surface area (Å²) in [6.07, 6.45) is 1.66. The fourth-order valence-corrected chi connectivity index (χ4v) is 2.53. The van der Waals surface area contributed by atoms with E-state index in [-0.39, 0.29) is 11.9 Å². The van der Waals surface area contributed by atoms with E-state index < -0.39 is 11.7 Å². The predicted molar refractivity (Wildman–Crippen MR) is 58.9 cm³/mol. The smallest absolute Gasteiger partial charge is 0.239 e. The van der Waals surface area contributed by atoms with Crippen LogP contribution in [0.2, 0.25) is 0 Å². The molecule has 5 heteroatoms. The van der Waals surface area contributed by atoms with E-state index in [1.165, 1.54) is 0 Å². The van der Waals surface area contributed by atoms with E-state index >= 15 is 0 Å². The van der Waals surface area contributed by atoms with Gasteiger partial charge in [0.1, 0.15) is 0 Å². The average molecular weight is 228 g/mol. The van der Waals surface area contributed by atoms with Gasteiger partial charge in [-0.05, 0) is 26.2 Å². The second kappa shape index (κ2) is 4.31. The highest BCUT2D eigenvalue weighted by atomic mass is 16.3. The zero-order valence-corrected chi connectivity index (χ0v) is 9.65. The Kier molecular flexibility index (Phi) is 3.19. The number of aliphatic hydroxyl groups is 2. The first-order valence-corrected chi connectivity index (χ1v) is 5.90. The van der Waals surface area contributed by atoms with Crippen LogP contribution in [-0.4, -0.2) is 58.4 Å². The van der Waals surface area contributed by atoms with Crippen LogP contribution in [0.1, 0.15) is 26.2 Å². The van der Waals surface area contributed by atoms with E-state index in [1.807, 2.05) is 0 Å². The molecule has 2 fully saturated rings. The van der Waals surface area contributed by atoms with Crippen LogP contribution in [0, 0.1) is 0 Å². The van der Waals surface area contributed by atoms with Gasteiger partial charge in [-0.3, -0.25) is 4.79 Å². The Hall–Kier alpha value is -0.650. The lowest BCUT2D eigenvalue weighted by molar-refractivity contribution is -0.139. The third kappa shape index (κ3) is 2.53. The van der Waals surface area contributed by atoms with Crippen LogP contribution in [0.25, 0.3) is 0 Å². The van der Waals surface area contributed by atoms with Crippen LogP contribution in [0.15, 0.2) is 0 Å². The molecule has 0 aliphatic carbocycles. The quantitative estimate of drug-likeness (QED) is 0.543. The highest BCUT2D eigenvalue weighted by Crippen LogP contribution is 2.22. The number of likely N-dealkylation sites (tertiary alicyclic amines) is 1. The summed E-state index contributed by atoms with van der Waals surface area (Å²) in [4.78, 5) is 13.8. The Morgan fingerprint density at radius 1 is 1.56 bits per heavy atom. The van der Waals surface area contributed by atoms with Crippen LogP contribution < -0.4 is 5.32 Å². The topological polar surface area (TPSA) is 72.8 Å². The van der Waals surface area contributed by atoms with Crippen LogP contribution in [-0.2, 0) is 4.79 Å². The lowest BCUT2D eigenvalue weighted by Gasteiger charge is -2.37. The van der Waals surface area contributed by atoms with Crippen molar-refractivity contribution in [2.45, 2.75) is 43.9 Å². The van der Waals surface area contributed by atoms with Gasteiger partial charge in [0.05, 0.1) is 17.7 Å². The number of piperidine rings is 1. The number of hydrogen-bond acceptors (Lipinski definition) is 4. The highest BCUT2D eigenvalue weighted by Gasteiger charge is 2.36. The number of aliphatic hydroxyl groups excluding tert-OH is 1. The Morgan fingerprint density at radius 3 is 2.88 bits per heavy atom. The molecule has 0 aromatic heterocycles. The first kappa shape index (κ1) is 11.8. The molecule has 92 valence electrons. The van der Waals surface area contributed by atoms with Gasteiger partial charge in [-0.1, -0.05) is 0 Å². The van der Waals surface area contributed by atoms with Crippen molar-refractivity contribution in [2.75, 3.05) is 19.6 Å². The second-order valence-corrected chi connectivity index (χ2v) is 5.21. The van der Waals surface area contributed by atoms with Gasteiger partial charge >= 0.3 is 0 Å². The van der Waals surface area contributed by atoms with E-state index in [4.69, 9.17) is 0 Å². The van der Waals surface area contributed by atoms with Crippen molar-refractivity contribution in [2.24, 2.45) is 0 Å². The molecule has 2 aliphatic rings. The van der Waals surface area contributed by atoms with E-state index in [0.29, 0.717) is 26.1 Å². The van der Waals surface area contributed by atoms with Crippen molar-refractivity contribution in [3.8, 4) is 0 Å². The number of nitrogens with one attached hydrogen (secondary N) is 1. The van der Waals surface area contributed by atoms with Gasteiger partial charge in [0.15, 0.2) is 0 Å². The summed E-state index contributed by atoms with van der Waals surface area (Å²) in [5.74, 6) is 0.0107. The third-order valence-corrected chi connectivity index (χ3v) is 3.39. The van der Waals surface area contributed by atoms with Crippen LogP contribution in [0.5, 0.6) is 0 Å². The minimum atomic E-state index is -0.759. The number of nitrogens with zero attached hydrogens (tertiary/aromatic N) is 1. The molecule has 0 spiro atoms. The molecule has 0 aromatic rings. The minimum absolute atomic E-state index is 0.0107. The summed E-state index contributed by atoms with van der Waals surface area (Å²) >= 11 is 0. The highest BCUT2D eigenvalue weighted by molar-refractivity contribution is 5.82. The number of carbonyl (C=O) groups excluding carboxylic acids is 1. The average Bonchev–Trinajstić information content (AvgIpc) is 2.62. The zero-order valence-electron chi connectivity index (χ0n) is 9.65. The minimum Gasteiger partial charge on any atom is -0.392 e. The fourth-order valence-electron chi connectivity index (χ4n) is 2.53. The van der Waals surface area contributed by atoms with Crippen LogP contribution >= 0.6 is 0 Å². The summed E-state index contributed by atoms with van der Waals surface area (Å²) in [5, 5.41) is 22.3. The summed E-state index contributed by atoms with van der Waals surface area (Å²) in [6.45, 7) is 3.37. The molecule has 2 aliphatic heterocycles. The monoisotopic (exact) mass is 228 g/mol. The molecule has 0 saturated carbocycles. The van der Waals surface area contributed by atoms with E-state index in [0.717, 1.165) is 12.8 Å². The summed E-state index contributed by atoms with van der Waals surface area (Å²) in [7, 11) is 0. The second-order valence-electron chi connectivity index (χ2n) is 5.21. The van der Waals surface area contributed by atoms with E-state index in [2.05, 4.69) is 5.32 Å². The molecule has 1 amide bonds. The summed E-state index contributed by atoms with van der Waals surface area (Å²) in [6, 6.07) is -0.274. The number of rotatable bonds is 1. The summed E-state index contributed by atoms with van der Waals surface area (Å²) < 4.78 is 0. The molecule has 16 heavy (non-hydrogen) atoms. The molecule has 3 atom stereocenters. The molecular weight excluding hydrogens is 208 g/mol. The molecular formula is C11H20N2O3. The van der Waals surface area contributed by atoms with Crippen LogP contribution in [0.4, 0.5) is 0 Å². The Morgan fingerprint density at radius 2 is 2.31 bits per heavy atom. The SMILES string of the molecule is CC1(O)CCCN(C(=O)C2CC(O)CN2)C1. The number of β-amino-alcohol motifs (C(OH)–C–C–N with tert-alkyl or cyclic N) is 2. The van der Waals surface area contributed by atoms with Gasteiger partial charge in [0.2, 0.25) is 5.91 Å². The number of hydrogen-bond donors (Lipinski definition) is 3. The Balaban J connectivity index is 1.94. The first-order chi connectivity index (χ1) is 7.48. The van der Waals surface area contributed by atoms with Gasteiger partial charge in [-0.15, -0.1) is 0 Å². The van der Waals surface area contributed by atoms with Crippen molar-refractivity contribution in [3.63, 3.8) is 0 Å². The van der Waals surface area contributed by atoms with Crippen molar-refractivity contribution in [1.82, 2.24) is 10.2 Å². The van der Waals surface area contributed by atoms with Gasteiger partial charge < -0.3 is 20.4 Å². The Bertz CT molecular complexity index is 280. The lowest BCUT2D eigenvalue weighted by Crippen LogP contribution is -2.53. The predicted octanol–water partition coefficient (Wildman–Crippen LogP) is -0.917. The molecule has 2 saturated heterocycles. The standard InChI is InChI=1S/C11H20N2O3/c1-11(16)3-2-4-13(7-11)10(15)9-5-8(14)6-12-9/h8-9,12,14,16H,2-7H2,1H3. The molecule has 5 nitrogen and oxygen atoms in total. The lowest BCUT2D eigenvalue weighted by atomic mass is 9.94. The normalized spacial score (nSPS) is 40.1. The molecule has 2 heterocycles. The van der Waals surface area contributed by atoms with E-state index in [9.17, 15) is 15.0 Å². The number of amides is 1. The summed E-state index contributed by atoms with van der Waals surface area (Å²) in [5.41, 5.74) is -0.759. The molecule has 0 radical (unpaired) electrons. The maximum atomic E-state index is 12.1. The first-order valence-electron chi connectivity index (χ1n) is 5.90. The zero-order chi connectivity index (χ0) is 11.8. The molecule has 0 aromatic carbocycles. The van der Waals surface area contributed by atoms with E-state index in [1.54, 1.807) is 11.8 Å². The van der Waals surface area contributed by atoms with Crippen molar-refractivity contribution in [1.29, 1.82) is 0 Å². The maximum absolute atomic E-state index is 12.1. The molecule has 0 bridgehead atoms. The fraction of sp³-hybridized carbons (Fsp3) is 0.909. The number of carbonyl (C=O) groups is 1. The maximum Gasteiger partial charge on any atom is 0.239 e. The van der Waals surface area contributed by atoms with Gasteiger partial charge in [-0.25, -0.2) is 0 Å². The van der Waals surface area contributed by atoms with Crippen molar-refractivity contribution in [3.05, 3.63) is 0 Å². The van der Waals surface area contributed by atoms with Crippen molar-refractivity contribution < 1.29 is 15.0 Å². The van der Waals surface area contributed by atoms with Crippen molar-refractivity contribution >= 4 is 5.91 Å². The van der Waals surface area contributed by atoms with Gasteiger partial charge in [0.25, 0.3) is 0 Å². The molecule has 3 N–H and O–H groups in total. The molecule has 2 rings (SSSR count). The largest absolute Gasteiger partial charge is 0.392 e. The molecule has 3 unspecified atom stereocenters. The third-order valence-electron chi connectivity index (χ3n) is 3.39. The Labute approximate surface area is 95.4 Å². The van der Waals surface area contributed by atoms with Gasteiger partial charge in [0, 0.05) is 19.6 Å². The van der Waals surface area contributed by atoms with Gasteiger partial charge in [-0.2, -0.15) is 0 Å². The van der Waals surface area contributed by atoms with Crippen LogP contribution in [0.3, 0.4) is 0 Å².